The Labute approximate surface area is 210 Å². The van der Waals surface area contributed by atoms with Crippen LogP contribution < -0.4 is 4.74 Å². The lowest BCUT2D eigenvalue weighted by atomic mass is 9.87. The van der Waals surface area contributed by atoms with Crippen LogP contribution in [-0.2, 0) is 17.8 Å². The van der Waals surface area contributed by atoms with E-state index >= 15 is 0 Å². The van der Waals surface area contributed by atoms with Crippen LogP contribution in [0.2, 0.25) is 0 Å². The monoisotopic (exact) mass is 489 g/mol. The summed E-state index contributed by atoms with van der Waals surface area (Å²) in [7, 11) is 1.77. The van der Waals surface area contributed by atoms with E-state index in [2.05, 4.69) is 53.2 Å². The second-order valence-electron chi connectivity index (χ2n) is 9.46. The van der Waals surface area contributed by atoms with Crippen LogP contribution in [0.3, 0.4) is 0 Å². The maximum absolute atomic E-state index is 13.2. The Morgan fingerprint density at radius 1 is 1.17 bits per heavy atom. The summed E-state index contributed by atoms with van der Waals surface area (Å²) in [5.41, 5.74) is 5.18. The van der Waals surface area contributed by atoms with Gasteiger partial charge in [-0.15, -0.1) is 11.3 Å². The second kappa shape index (κ2) is 9.82. The van der Waals surface area contributed by atoms with Crippen molar-refractivity contribution in [3.63, 3.8) is 0 Å². The van der Waals surface area contributed by atoms with E-state index in [1.54, 1.807) is 17.3 Å². The number of fused-ring (bicyclic) bond motifs is 1. The smallest absolute Gasteiger partial charge is 0.273 e. The Bertz CT molecular complexity index is 1230. The zero-order chi connectivity index (χ0) is 24.5. The summed E-state index contributed by atoms with van der Waals surface area (Å²) in [6.45, 7) is 5.69. The van der Waals surface area contributed by atoms with Crippen LogP contribution in [0.1, 0.15) is 63.6 Å². The van der Waals surface area contributed by atoms with Crippen molar-refractivity contribution in [3.8, 4) is 5.75 Å². The van der Waals surface area contributed by atoms with Crippen molar-refractivity contribution < 1.29 is 14.3 Å². The summed E-state index contributed by atoms with van der Waals surface area (Å²) in [5, 5.41) is 2.55. The molecule has 7 heteroatoms. The highest BCUT2D eigenvalue weighted by Gasteiger charge is 2.39. The number of benzene rings is 2. The second-order valence-corrected chi connectivity index (χ2v) is 10.4. The van der Waals surface area contributed by atoms with E-state index in [-0.39, 0.29) is 23.8 Å². The molecule has 2 aliphatic rings. The van der Waals surface area contributed by atoms with E-state index in [4.69, 9.17) is 4.74 Å². The molecule has 0 spiro atoms. The number of rotatable bonds is 7. The molecule has 2 amide bonds. The van der Waals surface area contributed by atoms with Gasteiger partial charge in [0.25, 0.3) is 5.91 Å². The minimum atomic E-state index is -0.107. The number of thiazole rings is 1. The van der Waals surface area contributed by atoms with Crippen molar-refractivity contribution in [1.82, 2.24) is 14.8 Å². The number of amides is 2. The topological polar surface area (TPSA) is 62.7 Å². The highest BCUT2D eigenvalue weighted by molar-refractivity contribution is 7.09. The molecule has 1 atom stereocenters. The van der Waals surface area contributed by atoms with Gasteiger partial charge < -0.3 is 14.5 Å². The first-order valence-electron chi connectivity index (χ1n) is 12.3. The lowest BCUT2D eigenvalue weighted by Crippen LogP contribution is -2.41. The average Bonchev–Trinajstić information content (AvgIpc) is 3.63. The number of aryl methyl sites for hydroxylation is 1. The molecule has 1 aliphatic heterocycles. The zero-order valence-electron chi connectivity index (χ0n) is 20.5. The number of carbonyl (C=O) groups is 2. The molecule has 6 nitrogen and oxygen atoms in total. The van der Waals surface area contributed by atoms with Crippen molar-refractivity contribution >= 4 is 23.2 Å². The van der Waals surface area contributed by atoms with E-state index < -0.39 is 0 Å². The van der Waals surface area contributed by atoms with Gasteiger partial charge in [0.1, 0.15) is 23.1 Å². The van der Waals surface area contributed by atoms with Gasteiger partial charge in [0.15, 0.2) is 0 Å². The maximum atomic E-state index is 13.2. The summed E-state index contributed by atoms with van der Waals surface area (Å²) < 4.78 is 6.12. The summed E-state index contributed by atoms with van der Waals surface area (Å²) >= 11 is 1.43. The summed E-state index contributed by atoms with van der Waals surface area (Å²) in [6, 6.07) is 14.6. The van der Waals surface area contributed by atoms with E-state index in [9.17, 15) is 9.59 Å². The third-order valence-corrected chi connectivity index (χ3v) is 7.72. The van der Waals surface area contributed by atoms with Crippen LogP contribution in [-0.4, -0.2) is 46.7 Å². The van der Waals surface area contributed by atoms with E-state index in [0.29, 0.717) is 18.8 Å². The standard InChI is InChI=1S/C28H31N3O3S/c1-4-30(3)28(33)24-17-35-25(29-24)16-34-22-12-11-19-13-14-31(27(32)21-9-10-21)26(23(19)15-22)20-7-5-18(2)6-8-20/h5-8,11-12,15,17,21,26H,4,9-10,13-14,16H2,1-3H3. The quantitative estimate of drug-likeness (QED) is 0.468. The molecule has 2 aromatic carbocycles. The molecular weight excluding hydrogens is 458 g/mol. The fourth-order valence-electron chi connectivity index (χ4n) is 4.55. The van der Waals surface area contributed by atoms with Crippen LogP contribution in [0, 0.1) is 12.8 Å². The number of ether oxygens (including phenoxy) is 1. The van der Waals surface area contributed by atoms with Gasteiger partial charge in [0.2, 0.25) is 5.91 Å². The molecule has 0 saturated heterocycles. The van der Waals surface area contributed by atoms with Crippen molar-refractivity contribution in [2.75, 3.05) is 20.1 Å². The largest absolute Gasteiger partial charge is 0.486 e. The van der Waals surface area contributed by atoms with E-state index in [1.807, 2.05) is 13.0 Å². The zero-order valence-corrected chi connectivity index (χ0v) is 21.3. The third kappa shape index (κ3) is 4.96. The third-order valence-electron chi connectivity index (χ3n) is 6.90. The fraction of sp³-hybridized carbons (Fsp3) is 0.393. The number of hydrogen-bond acceptors (Lipinski definition) is 5. The van der Waals surface area contributed by atoms with Gasteiger partial charge in [-0.05, 0) is 61.9 Å². The van der Waals surface area contributed by atoms with Gasteiger partial charge in [-0.1, -0.05) is 35.9 Å². The SMILES string of the molecule is CCN(C)C(=O)c1csc(COc2ccc3c(c2)C(c2ccc(C)cc2)N(C(=O)C2CC2)CC3)n1. The van der Waals surface area contributed by atoms with E-state index in [1.165, 1.54) is 22.5 Å². The van der Waals surface area contributed by atoms with Crippen LogP contribution in [0.25, 0.3) is 0 Å². The summed E-state index contributed by atoms with van der Waals surface area (Å²) in [5.74, 6) is 1.11. The molecule has 3 aromatic rings. The molecule has 0 N–H and O–H groups in total. The molecule has 1 aliphatic carbocycles. The predicted octanol–water partition coefficient (Wildman–Crippen LogP) is 5.01. The Morgan fingerprint density at radius 2 is 1.94 bits per heavy atom. The first-order valence-corrected chi connectivity index (χ1v) is 13.1. The first-order chi connectivity index (χ1) is 16.9. The lowest BCUT2D eigenvalue weighted by Gasteiger charge is -2.38. The molecule has 35 heavy (non-hydrogen) atoms. The number of aromatic nitrogens is 1. The number of hydrogen-bond donors (Lipinski definition) is 0. The molecule has 0 radical (unpaired) electrons. The minimum absolute atomic E-state index is 0.0786. The van der Waals surface area contributed by atoms with Crippen LogP contribution >= 0.6 is 11.3 Å². The van der Waals surface area contributed by atoms with Gasteiger partial charge in [0, 0.05) is 31.4 Å². The predicted molar refractivity (Wildman–Crippen MR) is 137 cm³/mol. The molecule has 5 rings (SSSR count). The number of nitrogens with zero attached hydrogens (tertiary/aromatic N) is 3. The van der Waals surface area contributed by atoms with E-state index in [0.717, 1.165) is 47.7 Å². The average molecular weight is 490 g/mol. The van der Waals surface area contributed by atoms with Gasteiger partial charge in [-0.2, -0.15) is 0 Å². The van der Waals surface area contributed by atoms with Crippen molar-refractivity contribution in [3.05, 3.63) is 80.8 Å². The Kier molecular flexibility index (Phi) is 6.60. The molecule has 182 valence electrons. The first kappa shape index (κ1) is 23.5. The molecule has 1 unspecified atom stereocenters. The normalized spacial score (nSPS) is 17.1. The number of carbonyl (C=O) groups excluding carboxylic acids is 2. The summed E-state index contributed by atoms with van der Waals surface area (Å²) in [4.78, 5) is 33.7. The van der Waals surface area contributed by atoms with Gasteiger partial charge in [-0.25, -0.2) is 4.98 Å². The van der Waals surface area contributed by atoms with Crippen molar-refractivity contribution in [1.29, 1.82) is 0 Å². The van der Waals surface area contributed by atoms with Gasteiger partial charge in [-0.3, -0.25) is 9.59 Å². The van der Waals surface area contributed by atoms with Crippen LogP contribution in [0.15, 0.2) is 47.8 Å². The molecule has 0 bridgehead atoms. The minimum Gasteiger partial charge on any atom is -0.486 e. The lowest BCUT2D eigenvalue weighted by molar-refractivity contribution is -0.134. The maximum Gasteiger partial charge on any atom is 0.273 e. The highest BCUT2D eigenvalue weighted by Crippen LogP contribution is 2.41. The van der Waals surface area contributed by atoms with Crippen LogP contribution in [0.4, 0.5) is 0 Å². The molecule has 1 aromatic heterocycles. The van der Waals surface area contributed by atoms with Crippen molar-refractivity contribution in [2.24, 2.45) is 5.92 Å². The molecule has 1 saturated carbocycles. The molecule has 2 heterocycles. The summed E-state index contributed by atoms with van der Waals surface area (Å²) in [6.07, 6.45) is 2.84. The molecular formula is C28H31N3O3S. The Hall–Kier alpha value is -3.19. The van der Waals surface area contributed by atoms with Gasteiger partial charge in [0.05, 0.1) is 6.04 Å². The Balaban J connectivity index is 1.39. The van der Waals surface area contributed by atoms with Gasteiger partial charge >= 0.3 is 0 Å². The fourth-order valence-corrected chi connectivity index (χ4v) is 5.23. The van der Waals surface area contributed by atoms with Crippen molar-refractivity contribution in [2.45, 2.75) is 45.8 Å². The highest BCUT2D eigenvalue weighted by atomic mass is 32.1. The Morgan fingerprint density at radius 3 is 2.66 bits per heavy atom. The molecule has 1 fully saturated rings. The van der Waals surface area contributed by atoms with Crippen LogP contribution in [0.5, 0.6) is 5.75 Å².